The smallest absolute Gasteiger partial charge is 0.338 e. The predicted molar refractivity (Wildman–Crippen MR) is 111 cm³/mol. The fraction of sp³-hybridized carbons (Fsp3) is 0.227. The molecule has 0 amide bonds. The summed E-state index contributed by atoms with van der Waals surface area (Å²) in [5.41, 5.74) is 2.75. The Morgan fingerprint density at radius 1 is 1.11 bits per heavy atom. The lowest BCUT2D eigenvalue weighted by Crippen LogP contribution is -2.15. The molecule has 0 saturated carbocycles. The SMILES string of the molecule is CC(C)(C)c1ccc(C(=O)OCc2cc(=O)n3c(n2)sc2ccccc23)cc1. The van der Waals surface area contributed by atoms with Crippen molar-refractivity contribution >= 4 is 32.5 Å². The van der Waals surface area contributed by atoms with Gasteiger partial charge in [-0.05, 0) is 35.2 Å². The van der Waals surface area contributed by atoms with E-state index in [-0.39, 0.29) is 17.6 Å². The van der Waals surface area contributed by atoms with Crippen molar-refractivity contribution in [3.05, 3.63) is 81.8 Å². The molecule has 0 aliphatic carbocycles. The van der Waals surface area contributed by atoms with Crippen LogP contribution in [0, 0.1) is 0 Å². The first-order valence-electron chi connectivity index (χ1n) is 9.01. The number of para-hydroxylation sites is 1. The van der Waals surface area contributed by atoms with E-state index < -0.39 is 5.97 Å². The van der Waals surface area contributed by atoms with Crippen LogP contribution < -0.4 is 5.56 Å². The Kier molecular flexibility index (Phi) is 4.51. The number of thiazole rings is 1. The van der Waals surface area contributed by atoms with Crippen LogP contribution in [0.1, 0.15) is 42.4 Å². The highest BCUT2D eigenvalue weighted by Crippen LogP contribution is 2.24. The number of benzene rings is 2. The minimum absolute atomic E-state index is 0.0220. The fourth-order valence-electron chi connectivity index (χ4n) is 3.03. The molecule has 4 rings (SSSR count). The van der Waals surface area contributed by atoms with E-state index in [9.17, 15) is 9.59 Å². The van der Waals surface area contributed by atoms with Crippen molar-refractivity contribution in [3.8, 4) is 0 Å². The van der Waals surface area contributed by atoms with Crippen LogP contribution in [-0.2, 0) is 16.8 Å². The lowest BCUT2D eigenvalue weighted by atomic mass is 9.87. The van der Waals surface area contributed by atoms with Gasteiger partial charge < -0.3 is 4.74 Å². The largest absolute Gasteiger partial charge is 0.456 e. The van der Waals surface area contributed by atoms with Crippen LogP contribution in [-0.4, -0.2) is 15.4 Å². The van der Waals surface area contributed by atoms with Gasteiger partial charge >= 0.3 is 5.97 Å². The number of rotatable bonds is 3. The van der Waals surface area contributed by atoms with Gasteiger partial charge in [0.15, 0.2) is 4.96 Å². The van der Waals surface area contributed by atoms with Gasteiger partial charge in [0.25, 0.3) is 5.56 Å². The van der Waals surface area contributed by atoms with Gasteiger partial charge in [-0.1, -0.05) is 56.4 Å². The zero-order chi connectivity index (χ0) is 19.9. The molecule has 28 heavy (non-hydrogen) atoms. The Balaban J connectivity index is 1.54. The number of hydrogen-bond acceptors (Lipinski definition) is 5. The minimum atomic E-state index is -0.432. The van der Waals surface area contributed by atoms with Crippen molar-refractivity contribution < 1.29 is 9.53 Å². The molecule has 0 fully saturated rings. The molecule has 0 aliphatic heterocycles. The highest BCUT2D eigenvalue weighted by molar-refractivity contribution is 7.23. The summed E-state index contributed by atoms with van der Waals surface area (Å²) < 4.78 is 7.94. The molecular weight excluding hydrogens is 372 g/mol. The van der Waals surface area contributed by atoms with E-state index in [4.69, 9.17) is 4.74 Å². The summed E-state index contributed by atoms with van der Waals surface area (Å²) in [5.74, 6) is -0.432. The highest BCUT2D eigenvalue weighted by Gasteiger charge is 2.15. The summed E-state index contributed by atoms with van der Waals surface area (Å²) in [6.45, 7) is 6.32. The average Bonchev–Trinajstić information content (AvgIpc) is 3.04. The summed E-state index contributed by atoms with van der Waals surface area (Å²) in [6, 6.07) is 16.5. The molecule has 142 valence electrons. The van der Waals surface area contributed by atoms with Gasteiger partial charge in [0, 0.05) is 6.07 Å². The summed E-state index contributed by atoms with van der Waals surface area (Å²) in [5, 5.41) is 0. The van der Waals surface area contributed by atoms with E-state index in [1.807, 2.05) is 36.4 Å². The molecule has 0 N–H and O–H groups in total. The lowest BCUT2D eigenvalue weighted by molar-refractivity contribution is 0.0467. The molecule has 0 saturated heterocycles. The van der Waals surface area contributed by atoms with E-state index >= 15 is 0 Å². The van der Waals surface area contributed by atoms with Crippen LogP contribution >= 0.6 is 11.3 Å². The topological polar surface area (TPSA) is 60.7 Å². The van der Waals surface area contributed by atoms with E-state index in [1.165, 1.54) is 17.4 Å². The molecule has 0 spiro atoms. The third kappa shape index (κ3) is 3.43. The Morgan fingerprint density at radius 2 is 1.82 bits per heavy atom. The Morgan fingerprint density at radius 3 is 2.54 bits per heavy atom. The number of esters is 1. The van der Waals surface area contributed by atoms with Crippen molar-refractivity contribution in [2.45, 2.75) is 32.8 Å². The molecule has 2 aromatic carbocycles. The van der Waals surface area contributed by atoms with E-state index in [0.717, 1.165) is 15.8 Å². The molecule has 0 radical (unpaired) electrons. The van der Waals surface area contributed by atoms with Crippen LogP contribution in [0.2, 0.25) is 0 Å². The number of fused-ring (bicyclic) bond motifs is 3. The van der Waals surface area contributed by atoms with Crippen LogP contribution in [0.4, 0.5) is 0 Å². The van der Waals surface area contributed by atoms with E-state index in [1.54, 1.807) is 16.5 Å². The van der Waals surface area contributed by atoms with Gasteiger partial charge in [0.1, 0.15) is 6.61 Å². The molecule has 4 aromatic rings. The Labute approximate surface area is 166 Å². The van der Waals surface area contributed by atoms with Crippen LogP contribution in [0.5, 0.6) is 0 Å². The number of aromatic nitrogens is 2. The third-order valence-corrected chi connectivity index (χ3v) is 5.61. The zero-order valence-electron chi connectivity index (χ0n) is 15.9. The number of ether oxygens (including phenoxy) is 1. The van der Waals surface area contributed by atoms with Gasteiger partial charge in [0.05, 0.1) is 21.5 Å². The van der Waals surface area contributed by atoms with Crippen molar-refractivity contribution in [1.29, 1.82) is 0 Å². The first-order valence-corrected chi connectivity index (χ1v) is 9.82. The third-order valence-electron chi connectivity index (χ3n) is 4.59. The lowest BCUT2D eigenvalue weighted by Gasteiger charge is -2.18. The zero-order valence-corrected chi connectivity index (χ0v) is 16.7. The van der Waals surface area contributed by atoms with Crippen LogP contribution in [0.3, 0.4) is 0 Å². The van der Waals surface area contributed by atoms with Crippen LogP contribution in [0.15, 0.2) is 59.4 Å². The molecule has 0 unspecified atom stereocenters. The number of carbonyl (C=O) groups excluding carboxylic acids is 1. The maximum absolute atomic E-state index is 12.5. The minimum Gasteiger partial charge on any atom is -0.456 e. The van der Waals surface area contributed by atoms with Gasteiger partial charge in [-0.15, -0.1) is 0 Å². The Hall–Kier alpha value is -2.99. The number of hydrogen-bond donors (Lipinski definition) is 0. The van der Waals surface area contributed by atoms with Gasteiger partial charge in [-0.2, -0.15) is 0 Å². The van der Waals surface area contributed by atoms with E-state index in [2.05, 4.69) is 25.8 Å². The maximum atomic E-state index is 12.5. The van der Waals surface area contributed by atoms with Crippen LogP contribution in [0.25, 0.3) is 15.2 Å². The maximum Gasteiger partial charge on any atom is 0.338 e. The summed E-state index contributed by atoms with van der Waals surface area (Å²) in [6.07, 6.45) is 0. The number of carbonyl (C=O) groups is 1. The highest BCUT2D eigenvalue weighted by atomic mass is 32.1. The van der Waals surface area contributed by atoms with Crippen molar-refractivity contribution in [1.82, 2.24) is 9.38 Å². The van der Waals surface area contributed by atoms with Gasteiger partial charge in [0.2, 0.25) is 0 Å². The standard InChI is InChI=1S/C22H20N2O3S/c1-22(2,3)15-10-8-14(9-11-15)20(26)27-13-16-12-19(25)24-17-6-4-5-7-18(17)28-21(24)23-16/h4-12H,13H2,1-3H3. The van der Waals surface area contributed by atoms with Crippen molar-refractivity contribution in [2.24, 2.45) is 0 Å². The second-order valence-corrected chi connectivity index (χ2v) is 8.69. The van der Waals surface area contributed by atoms with E-state index in [0.29, 0.717) is 16.2 Å². The predicted octanol–water partition coefficient (Wildman–Crippen LogP) is 4.56. The normalized spacial score (nSPS) is 11.8. The number of nitrogens with zero attached hydrogens (tertiary/aromatic N) is 2. The van der Waals surface area contributed by atoms with Gasteiger partial charge in [-0.25, -0.2) is 9.78 Å². The second-order valence-electron chi connectivity index (χ2n) is 7.68. The molecule has 0 aliphatic rings. The molecule has 2 heterocycles. The first-order chi connectivity index (χ1) is 13.3. The first kappa shape index (κ1) is 18.4. The van der Waals surface area contributed by atoms with Crippen molar-refractivity contribution in [2.75, 3.05) is 0 Å². The molecule has 0 atom stereocenters. The summed E-state index contributed by atoms with van der Waals surface area (Å²) >= 11 is 1.44. The average molecular weight is 392 g/mol. The molecule has 6 heteroatoms. The second kappa shape index (κ2) is 6.87. The van der Waals surface area contributed by atoms with Gasteiger partial charge in [-0.3, -0.25) is 9.20 Å². The monoisotopic (exact) mass is 392 g/mol. The molecule has 5 nitrogen and oxygen atoms in total. The molecule has 2 aromatic heterocycles. The Bertz CT molecular complexity index is 1230. The summed E-state index contributed by atoms with van der Waals surface area (Å²) in [7, 11) is 0. The summed E-state index contributed by atoms with van der Waals surface area (Å²) in [4.78, 5) is 29.9. The molecular formula is C22H20N2O3S. The quantitative estimate of drug-likeness (QED) is 0.480. The molecule has 0 bridgehead atoms. The van der Waals surface area contributed by atoms with Crippen molar-refractivity contribution in [3.63, 3.8) is 0 Å². The fourth-order valence-corrected chi connectivity index (χ4v) is 4.08.